The number of rotatable bonds is 8. The first-order valence-electron chi connectivity index (χ1n) is 12.5. The number of nitrogen functional groups attached to an aromatic ring is 1. The van der Waals surface area contributed by atoms with Crippen molar-refractivity contribution in [2.24, 2.45) is 5.73 Å². The van der Waals surface area contributed by atoms with Gasteiger partial charge in [0.1, 0.15) is 18.5 Å². The molecule has 1 aliphatic heterocycles. The van der Waals surface area contributed by atoms with Gasteiger partial charge in [-0.05, 0) is 63.1 Å². The molecule has 11 heteroatoms. The lowest BCUT2D eigenvalue weighted by Crippen LogP contribution is -2.34. The number of hydrogen-bond donors (Lipinski definition) is 2. The van der Waals surface area contributed by atoms with Gasteiger partial charge in [-0.25, -0.2) is 15.0 Å². The number of ether oxygens (including phenoxy) is 3. The number of aryl methyl sites for hydroxylation is 2. The van der Waals surface area contributed by atoms with Crippen molar-refractivity contribution in [3.8, 4) is 11.5 Å². The van der Waals surface area contributed by atoms with Crippen LogP contribution in [0.1, 0.15) is 57.9 Å². The number of aromatic nitrogens is 4. The lowest BCUT2D eigenvalue weighted by molar-refractivity contribution is -0.150. The molecule has 1 saturated carbocycles. The number of anilines is 1. The fraction of sp³-hybridized carbons (Fsp3) is 0.520. The van der Waals surface area contributed by atoms with Gasteiger partial charge in [0.15, 0.2) is 33.6 Å². The van der Waals surface area contributed by atoms with Crippen molar-refractivity contribution in [1.82, 2.24) is 19.5 Å². The van der Waals surface area contributed by atoms with Gasteiger partial charge in [-0.15, -0.1) is 0 Å². The van der Waals surface area contributed by atoms with E-state index in [1.54, 1.807) is 0 Å². The highest BCUT2D eigenvalue weighted by Gasteiger charge is 2.24. The van der Waals surface area contributed by atoms with Crippen molar-refractivity contribution in [3.63, 3.8) is 0 Å². The van der Waals surface area contributed by atoms with Crippen molar-refractivity contribution in [1.29, 1.82) is 0 Å². The average Bonchev–Trinajstić information content (AvgIpc) is 3.62. The highest BCUT2D eigenvalue weighted by atomic mass is 32.2. The molecule has 36 heavy (non-hydrogen) atoms. The van der Waals surface area contributed by atoms with E-state index in [-0.39, 0.29) is 18.9 Å². The maximum Gasteiger partial charge on any atom is 0.323 e. The van der Waals surface area contributed by atoms with E-state index in [1.807, 2.05) is 37.5 Å². The Morgan fingerprint density at radius 2 is 1.94 bits per heavy atom. The van der Waals surface area contributed by atoms with E-state index in [9.17, 15) is 4.79 Å². The van der Waals surface area contributed by atoms with Crippen molar-refractivity contribution >= 4 is 34.7 Å². The molecule has 0 saturated heterocycles. The van der Waals surface area contributed by atoms with Crippen LogP contribution in [0.5, 0.6) is 11.5 Å². The largest absolute Gasteiger partial charge is 0.461 e. The molecule has 0 amide bonds. The van der Waals surface area contributed by atoms with E-state index in [0.29, 0.717) is 42.1 Å². The molecule has 0 bridgehead atoms. The SMILES string of the molecule is CC.Cc1cc2c(cc1Sc1nc3c(N)ncnc3n1CCCC(N)C(=O)OC1CCCC1)OCO2. The molecule has 5 rings (SSSR count). The first kappa shape index (κ1) is 26.0. The first-order valence-corrected chi connectivity index (χ1v) is 13.3. The maximum absolute atomic E-state index is 12.4. The Hall–Kier alpha value is -3.05. The summed E-state index contributed by atoms with van der Waals surface area (Å²) in [5.74, 6) is 1.45. The summed E-state index contributed by atoms with van der Waals surface area (Å²) >= 11 is 1.50. The minimum Gasteiger partial charge on any atom is -0.461 e. The van der Waals surface area contributed by atoms with E-state index in [1.165, 1.54) is 18.1 Å². The first-order chi connectivity index (χ1) is 17.5. The van der Waals surface area contributed by atoms with Gasteiger partial charge in [-0.2, -0.15) is 0 Å². The summed E-state index contributed by atoms with van der Waals surface area (Å²) in [5.41, 5.74) is 14.4. The molecule has 2 aliphatic rings. The Bertz CT molecular complexity index is 1210. The number of carbonyl (C=O) groups is 1. The van der Waals surface area contributed by atoms with E-state index in [2.05, 4.69) is 9.97 Å². The zero-order valence-corrected chi connectivity index (χ0v) is 21.8. The molecule has 2 aromatic heterocycles. The van der Waals surface area contributed by atoms with Crippen LogP contribution in [-0.2, 0) is 16.1 Å². The van der Waals surface area contributed by atoms with Crippen LogP contribution in [0.15, 0.2) is 28.5 Å². The Morgan fingerprint density at radius 1 is 1.22 bits per heavy atom. The van der Waals surface area contributed by atoms with Gasteiger partial charge in [0, 0.05) is 11.4 Å². The number of hydrogen-bond acceptors (Lipinski definition) is 10. The van der Waals surface area contributed by atoms with Crippen LogP contribution in [0.25, 0.3) is 11.2 Å². The van der Waals surface area contributed by atoms with Gasteiger partial charge in [0.05, 0.1) is 0 Å². The Kier molecular flexibility index (Phi) is 8.52. The summed E-state index contributed by atoms with van der Waals surface area (Å²) < 4.78 is 18.6. The number of imidazole rings is 1. The fourth-order valence-electron chi connectivity index (χ4n) is 4.29. The van der Waals surface area contributed by atoms with Crippen LogP contribution in [0.3, 0.4) is 0 Å². The van der Waals surface area contributed by atoms with Crippen LogP contribution >= 0.6 is 11.8 Å². The molecular weight excluding hydrogens is 480 g/mol. The highest BCUT2D eigenvalue weighted by molar-refractivity contribution is 7.99. The third-order valence-corrected chi connectivity index (χ3v) is 7.34. The number of esters is 1. The fourth-order valence-corrected chi connectivity index (χ4v) is 5.30. The summed E-state index contributed by atoms with van der Waals surface area (Å²) in [4.78, 5) is 26.6. The summed E-state index contributed by atoms with van der Waals surface area (Å²) in [5, 5.41) is 0.728. The number of fused-ring (bicyclic) bond motifs is 2. The Labute approximate surface area is 215 Å². The van der Waals surface area contributed by atoms with Gasteiger partial charge in [0.2, 0.25) is 6.79 Å². The molecule has 1 unspecified atom stereocenters. The summed E-state index contributed by atoms with van der Waals surface area (Å²) in [6.07, 6.45) is 6.68. The van der Waals surface area contributed by atoms with Crippen LogP contribution in [0.2, 0.25) is 0 Å². The van der Waals surface area contributed by atoms with Crippen LogP contribution in [0, 0.1) is 6.92 Å². The van der Waals surface area contributed by atoms with Gasteiger partial charge >= 0.3 is 5.97 Å². The molecule has 4 N–H and O–H groups in total. The van der Waals surface area contributed by atoms with Crippen LogP contribution in [-0.4, -0.2) is 44.4 Å². The smallest absolute Gasteiger partial charge is 0.323 e. The third-order valence-electron chi connectivity index (χ3n) is 6.18. The van der Waals surface area contributed by atoms with E-state index in [4.69, 9.17) is 30.7 Å². The molecule has 3 aromatic rings. The molecule has 1 aromatic carbocycles. The van der Waals surface area contributed by atoms with E-state index < -0.39 is 6.04 Å². The van der Waals surface area contributed by atoms with Crippen molar-refractivity contribution < 1.29 is 19.0 Å². The second kappa shape index (κ2) is 11.8. The predicted molar refractivity (Wildman–Crippen MR) is 138 cm³/mol. The lowest BCUT2D eigenvalue weighted by Gasteiger charge is -2.16. The van der Waals surface area contributed by atoms with E-state index in [0.717, 1.165) is 47.0 Å². The minimum absolute atomic E-state index is 0.0174. The molecule has 3 heterocycles. The van der Waals surface area contributed by atoms with Gasteiger partial charge in [-0.1, -0.05) is 25.6 Å². The Morgan fingerprint density at radius 3 is 2.69 bits per heavy atom. The highest BCUT2D eigenvalue weighted by Crippen LogP contribution is 2.41. The van der Waals surface area contributed by atoms with Crippen molar-refractivity contribution in [2.75, 3.05) is 12.5 Å². The number of benzene rings is 1. The minimum atomic E-state index is -0.651. The topological polar surface area (TPSA) is 140 Å². The van der Waals surface area contributed by atoms with Crippen LogP contribution < -0.4 is 20.9 Å². The molecule has 1 aliphatic carbocycles. The Balaban J connectivity index is 0.00000148. The average molecular weight is 515 g/mol. The third kappa shape index (κ3) is 5.67. The van der Waals surface area contributed by atoms with E-state index >= 15 is 0 Å². The van der Waals surface area contributed by atoms with Crippen molar-refractivity contribution in [2.45, 2.75) is 88.0 Å². The molecule has 0 spiro atoms. The van der Waals surface area contributed by atoms with Crippen molar-refractivity contribution in [3.05, 3.63) is 24.0 Å². The normalized spacial score (nSPS) is 15.6. The zero-order valence-electron chi connectivity index (χ0n) is 21.0. The van der Waals surface area contributed by atoms with Gasteiger partial charge in [0.25, 0.3) is 0 Å². The molecule has 1 fully saturated rings. The second-order valence-electron chi connectivity index (χ2n) is 8.64. The van der Waals surface area contributed by atoms with Gasteiger partial charge < -0.3 is 30.2 Å². The van der Waals surface area contributed by atoms with Gasteiger partial charge in [-0.3, -0.25) is 4.79 Å². The number of nitrogens with zero attached hydrogens (tertiary/aromatic N) is 4. The molecule has 10 nitrogen and oxygen atoms in total. The quantitative estimate of drug-likeness (QED) is 0.420. The summed E-state index contributed by atoms with van der Waals surface area (Å²) in [6, 6.07) is 3.26. The summed E-state index contributed by atoms with van der Waals surface area (Å²) in [7, 11) is 0. The number of carbonyl (C=O) groups excluding carboxylic acids is 1. The molecule has 194 valence electrons. The number of nitrogens with two attached hydrogens (primary N) is 2. The lowest BCUT2D eigenvalue weighted by atomic mass is 10.1. The summed E-state index contributed by atoms with van der Waals surface area (Å²) in [6.45, 7) is 6.81. The maximum atomic E-state index is 12.4. The zero-order chi connectivity index (χ0) is 25.7. The van der Waals surface area contributed by atoms with Crippen LogP contribution in [0.4, 0.5) is 5.82 Å². The standard InChI is InChI=1S/C23H28N6O4S.C2H6/c1-13-9-16-17(32-12-31-16)10-18(13)34-23-28-19-20(25)26-11-27-21(19)29(23)8-4-7-15(24)22(30)33-14-5-2-3-6-14;1-2/h9-11,14-15H,2-8,12,24H2,1H3,(H2,25,26,27);1-2H3. The molecule has 1 atom stereocenters. The second-order valence-corrected chi connectivity index (χ2v) is 9.65. The molecule has 0 radical (unpaired) electrons. The monoisotopic (exact) mass is 514 g/mol. The predicted octanol–water partition coefficient (Wildman–Crippen LogP) is 4.22. The molecular formula is C25H34N6O4S.